The molecular formula is C14H15NO2. The van der Waals surface area contributed by atoms with Crippen LogP contribution in [0.15, 0.2) is 30.3 Å². The van der Waals surface area contributed by atoms with Gasteiger partial charge in [0.2, 0.25) is 0 Å². The van der Waals surface area contributed by atoms with Gasteiger partial charge in [-0.1, -0.05) is 30.3 Å². The summed E-state index contributed by atoms with van der Waals surface area (Å²) in [5.74, 6) is -0.602. The van der Waals surface area contributed by atoms with Crippen LogP contribution in [0.4, 0.5) is 0 Å². The normalized spacial score (nSPS) is 18.3. The molecule has 17 heavy (non-hydrogen) atoms. The Morgan fingerprint density at radius 1 is 1.29 bits per heavy atom. The number of carbonyl (C=O) groups excluding carboxylic acids is 1. The lowest BCUT2D eigenvalue weighted by Crippen LogP contribution is -2.27. The monoisotopic (exact) mass is 229 g/mol. The molecule has 1 saturated heterocycles. The van der Waals surface area contributed by atoms with E-state index in [-0.39, 0.29) is 11.7 Å². The average molecular weight is 229 g/mol. The lowest BCUT2D eigenvalue weighted by atomic mass is 9.84. The van der Waals surface area contributed by atoms with E-state index in [2.05, 4.69) is 6.07 Å². The van der Waals surface area contributed by atoms with Gasteiger partial charge in [0.05, 0.1) is 6.07 Å². The number of benzene rings is 1. The molecule has 0 N–H and O–H groups in total. The Labute approximate surface area is 101 Å². The first-order chi connectivity index (χ1) is 8.33. The van der Waals surface area contributed by atoms with Gasteiger partial charge < -0.3 is 4.74 Å². The van der Waals surface area contributed by atoms with Crippen molar-refractivity contribution in [2.24, 2.45) is 5.92 Å². The number of rotatable bonds is 3. The maximum absolute atomic E-state index is 12.3. The molecule has 3 nitrogen and oxygen atoms in total. The Balaban J connectivity index is 2.13. The topological polar surface area (TPSA) is 50.1 Å². The summed E-state index contributed by atoms with van der Waals surface area (Å²) >= 11 is 0. The molecule has 88 valence electrons. The zero-order chi connectivity index (χ0) is 12.1. The van der Waals surface area contributed by atoms with E-state index in [1.165, 1.54) is 0 Å². The van der Waals surface area contributed by atoms with E-state index in [9.17, 15) is 10.1 Å². The van der Waals surface area contributed by atoms with Gasteiger partial charge in [0.15, 0.2) is 5.78 Å². The smallest absolute Gasteiger partial charge is 0.157 e. The van der Waals surface area contributed by atoms with E-state index < -0.39 is 5.92 Å². The number of nitriles is 1. The maximum atomic E-state index is 12.3. The zero-order valence-electron chi connectivity index (χ0n) is 9.63. The number of Topliss-reactive ketones (excluding diaryl/α,β-unsaturated/α-hetero) is 1. The fraction of sp³-hybridized carbons (Fsp3) is 0.429. The van der Waals surface area contributed by atoms with Gasteiger partial charge in [-0.25, -0.2) is 0 Å². The molecule has 0 radical (unpaired) electrons. The van der Waals surface area contributed by atoms with E-state index in [4.69, 9.17) is 4.74 Å². The van der Waals surface area contributed by atoms with Gasteiger partial charge in [-0.15, -0.1) is 0 Å². The molecule has 0 bridgehead atoms. The van der Waals surface area contributed by atoms with Crippen LogP contribution >= 0.6 is 0 Å². The molecule has 0 spiro atoms. The van der Waals surface area contributed by atoms with Crippen molar-refractivity contribution < 1.29 is 9.53 Å². The fourth-order valence-electron chi connectivity index (χ4n) is 2.17. The highest BCUT2D eigenvalue weighted by Crippen LogP contribution is 2.25. The first kappa shape index (κ1) is 11.8. The van der Waals surface area contributed by atoms with Crippen molar-refractivity contribution in [2.75, 3.05) is 13.2 Å². The molecule has 1 aliphatic rings. The molecule has 2 rings (SSSR count). The molecular weight excluding hydrogens is 214 g/mol. The molecule has 1 heterocycles. The third-order valence-corrected chi connectivity index (χ3v) is 3.17. The van der Waals surface area contributed by atoms with E-state index in [1.54, 1.807) is 0 Å². The SMILES string of the molecule is N#CC(C(=O)C1CCOCC1)c1ccccc1. The number of carbonyl (C=O) groups is 1. The maximum Gasteiger partial charge on any atom is 0.157 e. The Morgan fingerprint density at radius 3 is 2.53 bits per heavy atom. The molecule has 1 aromatic carbocycles. The number of hydrogen-bond acceptors (Lipinski definition) is 3. The third-order valence-electron chi connectivity index (χ3n) is 3.17. The minimum Gasteiger partial charge on any atom is -0.381 e. The standard InChI is InChI=1S/C14H15NO2/c15-10-13(11-4-2-1-3-5-11)14(16)12-6-8-17-9-7-12/h1-5,12-13H,6-9H2. The van der Waals surface area contributed by atoms with Gasteiger partial charge in [0.1, 0.15) is 5.92 Å². The summed E-state index contributed by atoms with van der Waals surface area (Å²) in [6.07, 6.45) is 1.48. The lowest BCUT2D eigenvalue weighted by molar-refractivity contribution is -0.126. The zero-order valence-corrected chi connectivity index (χ0v) is 9.63. The predicted molar refractivity (Wildman–Crippen MR) is 63.3 cm³/mol. The minimum atomic E-state index is -0.626. The Kier molecular flexibility index (Phi) is 3.89. The van der Waals surface area contributed by atoms with Gasteiger partial charge in [-0.2, -0.15) is 5.26 Å². The van der Waals surface area contributed by atoms with Gasteiger partial charge in [-0.3, -0.25) is 4.79 Å². The van der Waals surface area contributed by atoms with E-state index >= 15 is 0 Å². The minimum absolute atomic E-state index is 0.0198. The third kappa shape index (κ3) is 2.72. The van der Waals surface area contributed by atoms with Crippen LogP contribution in [-0.2, 0) is 9.53 Å². The highest BCUT2D eigenvalue weighted by Gasteiger charge is 2.29. The van der Waals surface area contributed by atoms with Gasteiger partial charge >= 0.3 is 0 Å². The summed E-state index contributed by atoms with van der Waals surface area (Å²) in [5.41, 5.74) is 0.798. The van der Waals surface area contributed by atoms with Gasteiger partial charge in [0.25, 0.3) is 0 Å². The number of ketones is 1. The summed E-state index contributed by atoms with van der Waals surface area (Å²) in [5, 5.41) is 9.18. The van der Waals surface area contributed by atoms with E-state index in [0.717, 1.165) is 18.4 Å². The predicted octanol–water partition coefficient (Wildman–Crippen LogP) is 2.29. The van der Waals surface area contributed by atoms with Crippen molar-refractivity contribution in [1.82, 2.24) is 0 Å². The molecule has 0 amide bonds. The molecule has 1 fully saturated rings. The second-order valence-electron chi connectivity index (χ2n) is 4.26. The van der Waals surface area contributed by atoms with Crippen LogP contribution in [0.2, 0.25) is 0 Å². The first-order valence-electron chi connectivity index (χ1n) is 5.89. The number of hydrogen-bond donors (Lipinski definition) is 0. The summed E-state index contributed by atoms with van der Waals surface area (Å²) in [6.45, 7) is 1.26. The van der Waals surface area contributed by atoms with Crippen LogP contribution < -0.4 is 0 Å². The van der Waals surface area contributed by atoms with Crippen molar-refractivity contribution in [3.63, 3.8) is 0 Å². The molecule has 0 saturated carbocycles. The van der Waals surface area contributed by atoms with E-state index in [1.807, 2.05) is 30.3 Å². The van der Waals surface area contributed by atoms with Crippen molar-refractivity contribution >= 4 is 5.78 Å². The second-order valence-corrected chi connectivity index (χ2v) is 4.26. The van der Waals surface area contributed by atoms with Crippen LogP contribution in [0.5, 0.6) is 0 Å². The van der Waals surface area contributed by atoms with Crippen LogP contribution in [0.3, 0.4) is 0 Å². The number of ether oxygens (including phenoxy) is 1. The van der Waals surface area contributed by atoms with Gasteiger partial charge in [0, 0.05) is 19.1 Å². The lowest BCUT2D eigenvalue weighted by Gasteiger charge is -2.22. The Bertz CT molecular complexity index is 416. The Morgan fingerprint density at radius 2 is 1.94 bits per heavy atom. The summed E-state index contributed by atoms with van der Waals surface area (Å²) in [6, 6.07) is 11.4. The largest absolute Gasteiger partial charge is 0.381 e. The van der Waals surface area contributed by atoms with Crippen LogP contribution in [-0.4, -0.2) is 19.0 Å². The van der Waals surface area contributed by atoms with Crippen molar-refractivity contribution in [2.45, 2.75) is 18.8 Å². The quantitative estimate of drug-likeness (QED) is 0.799. The molecule has 1 aromatic rings. The van der Waals surface area contributed by atoms with Crippen molar-refractivity contribution in [1.29, 1.82) is 5.26 Å². The average Bonchev–Trinajstić information content (AvgIpc) is 2.42. The fourth-order valence-corrected chi connectivity index (χ4v) is 2.17. The molecule has 0 aromatic heterocycles. The van der Waals surface area contributed by atoms with Crippen LogP contribution in [0.25, 0.3) is 0 Å². The summed E-state index contributed by atoms with van der Waals surface area (Å²) < 4.78 is 5.23. The van der Waals surface area contributed by atoms with E-state index in [0.29, 0.717) is 13.2 Å². The van der Waals surface area contributed by atoms with Crippen molar-refractivity contribution in [3.8, 4) is 6.07 Å². The molecule has 1 atom stereocenters. The molecule has 0 aliphatic carbocycles. The molecule has 1 aliphatic heterocycles. The van der Waals surface area contributed by atoms with Gasteiger partial charge in [-0.05, 0) is 18.4 Å². The second kappa shape index (κ2) is 5.60. The Hall–Kier alpha value is -1.66. The summed E-state index contributed by atoms with van der Waals surface area (Å²) in [4.78, 5) is 12.3. The highest BCUT2D eigenvalue weighted by molar-refractivity contribution is 5.90. The van der Waals surface area contributed by atoms with Crippen LogP contribution in [0.1, 0.15) is 24.3 Å². The van der Waals surface area contributed by atoms with Crippen LogP contribution in [0, 0.1) is 17.2 Å². The van der Waals surface area contributed by atoms with Crippen molar-refractivity contribution in [3.05, 3.63) is 35.9 Å². The molecule has 1 unspecified atom stereocenters. The summed E-state index contributed by atoms with van der Waals surface area (Å²) in [7, 11) is 0. The number of nitrogens with zero attached hydrogens (tertiary/aromatic N) is 1. The molecule has 3 heteroatoms. The highest BCUT2D eigenvalue weighted by atomic mass is 16.5. The first-order valence-corrected chi connectivity index (χ1v) is 5.89.